The first-order valence-corrected chi connectivity index (χ1v) is 4.43. The van der Waals surface area contributed by atoms with E-state index in [1.54, 1.807) is 7.11 Å². The first-order chi connectivity index (χ1) is 5.24. The van der Waals surface area contributed by atoms with Crippen molar-refractivity contribution in [1.82, 2.24) is 4.90 Å². The average Bonchev–Trinajstić information content (AvgIpc) is 1.94. The number of rotatable bonds is 4. The molecule has 0 heterocycles. The van der Waals surface area contributed by atoms with E-state index in [4.69, 9.17) is 4.74 Å². The molecule has 0 aromatic rings. The van der Waals surface area contributed by atoms with Crippen molar-refractivity contribution in [3.8, 4) is 0 Å². The summed E-state index contributed by atoms with van der Waals surface area (Å²) in [5, 5.41) is 0. The SMILES string of the molecule is COCCN(C)C1CC(C)C1. The third-order valence-corrected chi connectivity index (χ3v) is 2.62. The van der Waals surface area contributed by atoms with Crippen molar-refractivity contribution in [2.24, 2.45) is 5.92 Å². The first kappa shape index (κ1) is 9.01. The molecule has 0 atom stereocenters. The Kier molecular flexibility index (Phi) is 3.34. The zero-order chi connectivity index (χ0) is 8.27. The Balaban J connectivity index is 2.06. The summed E-state index contributed by atoms with van der Waals surface area (Å²) >= 11 is 0. The van der Waals surface area contributed by atoms with E-state index in [9.17, 15) is 0 Å². The monoisotopic (exact) mass is 157 g/mol. The zero-order valence-corrected chi connectivity index (χ0v) is 7.84. The molecule has 0 spiro atoms. The molecule has 0 unspecified atom stereocenters. The van der Waals surface area contributed by atoms with E-state index in [-0.39, 0.29) is 0 Å². The minimum atomic E-state index is 0.833. The summed E-state index contributed by atoms with van der Waals surface area (Å²) in [5.74, 6) is 0.949. The number of methoxy groups -OCH3 is 1. The van der Waals surface area contributed by atoms with Crippen molar-refractivity contribution in [2.45, 2.75) is 25.8 Å². The summed E-state index contributed by atoms with van der Waals surface area (Å²) in [6.45, 7) is 4.26. The molecule has 0 aromatic carbocycles. The molecule has 1 saturated carbocycles. The highest BCUT2D eigenvalue weighted by Gasteiger charge is 2.27. The van der Waals surface area contributed by atoms with Gasteiger partial charge in [-0.05, 0) is 25.8 Å². The van der Waals surface area contributed by atoms with E-state index in [2.05, 4.69) is 18.9 Å². The molecule has 11 heavy (non-hydrogen) atoms. The van der Waals surface area contributed by atoms with E-state index in [0.717, 1.165) is 25.1 Å². The lowest BCUT2D eigenvalue weighted by Gasteiger charge is -2.39. The van der Waals surface area contributed by atoms with Gasteiger partial charge in [-0.15, -0.1) is 0 Å². The summed E-state index contributed by atoms with van der Waals surface area (Å²) in [6, 6.07) is 0.833. The van der Waals surface area contributed by atoms with Crippen molar-refractivity contribution in [1.29, 1.82) is 0 Å². The molecule has 66 valence electrons. The van der Waals surface area contributed by atoms with Crippen LogP contribution >= 0.6 is 0 Å². The summed E-state index contributed by atoms with van der Waals surface area (Å²) in [7, 11) is 3.95. The topological polar surface area (TPSA) is 12.5 Å². The van der Waals surface area contributed by atoms with Crippen LogP contribution in [0.5, 0.6) is 0 Å². The molecular formula is C9H19NO. The molecule has 1 fully saturated rings. The number of likely N-dealkylation sites (N-methyl/N-ethyl adjacent to an activating group) is 1. The Morgan fingerprint density at radius 2 is 2.09 bits per heavy atom. The maximum atomic E-state index is 5.02. The van der Waals surface area contributed by atoms with Gasteiger partial charge in [0.2, 0.25) is 0 Å². The summed E-state index contributed by atoms with van der Waals surface area (Å²) in [4.78, 5) is 2.41. The van der Waals surface area contributed by atoms with Crippen LogP contribution in [-0.2, 0) is 4.74 Å². The average molecular weight is 157 g/mol. The van der Waals surface area contributed by atoms with Gasteiger partial charge in [0.1, 0.15) is 0 Å². The van der Waals surface area contributed by atoms with Gasteiger partial charge >= 0.3 is 0 Å². The van der Waals surface area contributed by atoms with Crippen LogP contribution in [0.15, 0.2) is 0 Å². The lowest BCUT2D eigenvalue weighted by atomic mass is 9.81. The molecule has 0 aliphatic heterocycles. The van der Waals surface area contributed by atoms with Crippen LogP contribution in [0.2, 0.25) is 0 Å². The molecule has 2 heteroatoms. The van der Waals surface area contributed by atoms with Crippen LogP contribution in [0.3, 0.4) is 0 Å². The quantitative estimate of drug-likeness (QED) is 0.611. The first-order valence-electron chi connectivity index (χ1n) is 4.43. The fourth-order valence-electron chi connectivity index (χ4n) is 1.64. The van der Waals surface area contributed by atoms with Gasteiger partial charge in [-0.1, -0.05) is 6.92 Å². The van der Waals surface area contributed by atoms with Gasteiger partial charge in [0.15, 0.2) is 0 Å². The van der Waals surface area contributed by atoms with Gasteiger partial charge in [-0.25, -0.2) is 0 Å². The van der Waals surface area contributed by atoms with Gasteiger partial charge < -0.3 is 9.64 Å². The number of nitrogens with zero attached hydrogens (tertiary/aromatic N) is 1. The van der Waals surface area contributed by atoms with Crippen LogP contribution in [-0.4, -0.2) is 38.3 Å². The highest BCUT2D eigenvalue weighted by molar-refractivity contribution is 4.83. The maximum Gasteiger partial charge on any atom is 0.0589 e. The van der Waals surface area contributed by atoms with Gasteiger partial charge in [0.05, 0.1) is 6.61 Å². The Bertz CT molecular complexity index is 110. The minimum Gasteiger partial charge on any atom is -0.383 e. The Morgan fingerprint density at radius 3 is 2.55 bits per heavy atom. The number of hydrogen-bond acceptors (Lipinski definition) is 2. The van der Waals surface area contributed by atoms with E-state index < -0.39 is 0 Å². The van der Waals surface area contributed by atoms with Crippen LogP contribution in [0.1, 0.15) is 19.8 Å². The normalized spacial score (nSPS) is 30.5. The summed E-state index contributed by atoms with van der Waals surface area (Å²) in [6.07, 6.45) is 2.75. The summed E-state index contributed by atoms with van der Waals surface area (Å²) < 4.78 is 5.02. The fraction of sp³-hybridized carbons (Fsp3) is 1.00. The lowest BCUT2D eigenvalue weighted by Crippen LogP contribution is -2.42. The Labute approximate surface area is 69.5 Å². The second-order valence-corrected chi connectivity index (χ2v) is 3.70. The molecule has 1 aliphatic rings. The number of hydrogen-bond donors (Lipinski definition) is 0. The number of ether oxygens (including phenoxy) is 1. The highest BCUT2D eigenvalue weighted by Crippen LogP contribution is 2.29. The third-order valence-electron chi connectivity index (χ3n) is 2.62. The van der Waals surface area contributed by atoms with Crippen molar-refractivity contribution < 1.29 is 4.74 Å². The van der Waals surface area contributed by atoms with Crippen molar-refractivity contribution in [3.63, 3.8) is 0 Å². The van der Waals surface area contributed by atoms with E-state index in [0.29, 0.717) is 0 Å². The molecule has 1 rings (SSSR count). The fourth-order valence-corrected chi connectivity index (χ4v) is 1.64. The third kappa shape index (κ3) is 2.46. The van der Waals surface area contributed by atoms with Crippen LogP contribution < -0.4 is 0 Å². The molecular weight excluding hydrogens is 138 g/mol. The zero-order valence-electron chi connectivity index (χ0n) is 7.84. The lowest BCUT2D eigenvalue weighted by molar-refractivity contribution is 0.0791. The van der Waals surface area contributed by atoms with E-state index >= 15 is 0 Å². The standard InChI is InChI=1S/C9H19NO/c1-8-6-9(7-8)10(2)4-5-11-3/h8-9H,4-7H2,1-3H3. The van der Waals surface area contributed by atoms with Gasteiger partial charge in [0, 0.05) is 19.7 Å². The van der Waals surface area contributed by atoms with Crippen molar-refractivity contribution >= 4 is 0 Å². The van der Waals surface area contributed by atoms with Crippen molar-refractivity contribution in [3.05, 3.63) is 0 Å². The highest BCUT2D eigenvalue weighted by atomic mass is 16.5. The Morgan fingerprint density at radius 1 is 1.45 bits per heavy atom. The molecule has 0 aromatic heterocycles. The second kappa shape index (κ2) is 4.07. The maximum absolute atomic E-state index is 5.02. The van der Waals surface area contributed by atoms with Gasteiger partial charge in [-0.2, -0.15) is 0 Å². The second-order valence-electron chi connectivity index (χ2n) is 3.70. The van der Waals surface area contributed by atoms with Crippen LogP contribution in [0, 0.1) is 5.92 Å². The van der Waals surface area contributed by atoms with Gasteiger partial charge in [-0.3, -0.25) is 0 Å². The molecule has 0 radical (unpaired) electrons. The van der Waals surface area contributed by atoms with Crippen molar-refractivity contribution in [2.75, 3.05) is 27.3 Å². The molecule has 0 amide bonds. The van der Waals surface area contributed by atoms with E-state index in [1.165, 1.54) is 12.8 Å². The minimum absolute atomic E-state index is 0.833. The largest absolute Gasteiger partial charge is 0.383 e. The van der Waals surface area contributed by atoms with Crippen LogP contribution in [0.4, 0.5) is 0 Å². The Hall–Kier alpha value is -0.0800. The molecule has 1 aliphatic carbocycles. The summed E-state index contributed by atoms with van der Waals surface area (Å²) in [5.41, 5.74) is 0. The smallest absolute Gasteiger partial charge is 0.0589 e. The van der Waals surface area contributed by atoms with Crippen LogP contribution in [0.25, 0.3) is 0 Å². The predicted molar refractivity (Wildman–Crippen MR) is 46.7 cm³/mol. The molecule has 0 saturated heterocycles. The molecule has 2 nitrogen and oxygen atoms in total. The van der Waals surface area contributed by atoms with E-state index in [1.807, 2.05) is 0 Å². The molecule has 0 bridgehead atoms. The predicted octanol–water partition coefficient (Wildman–Crippen LogP) is 1.36. The molecule has 0 N–H and O–H groups in total. The van der Waals surface area contributed by atoms with Gasteiger partial charge in [0.25, 0.3) is 0 Å².